The first-order valence-electron chi connectivity index (χ1n) is 16.7. The molecule has 234 valence electrons. The Morgan fingerprint density at radius 2 is 1.02 bits per heavy atom. The number of pyridine rings is 1. The van der Waals surface area contributed by atoms with Gasteiger partial charge in [-0.25, -0.2) is 15.0 Å². The van der Waals surface area contributed by atoms with Crippen LogP contribution in [0.3, 0.4) is 0 Å². The van der Waals surface area contributed by atoms with Crippen LogP contribution in [0.4, 0.5) is 0 Å². The third kappa shape index (κ3) is 4.52. The van der Waals surface area contributed by atoms with Crippen molar-refractivity contribution >= 4 is 43.9 Å². The smallest absolute Gasteiger partial charge is 0.163 e. The normalized spacial score (nSPS) is 11.6. The van der Waals surface area contributed by atoms with Crippen molar-refractivity contribution in [1.82, 2.24) is 19.5 Å². The van der Waals surface area contributed by atoms with E-state index in [1.54, 1.807) is 0 Å². The zero-order valence-corrected chi connectivity index (χ0v) is 26.9. The van der Waals surface area contributed by atoms with E-state index in [-0.39, 0.29) is 0 Å². The topological polar surface area (TPSA) is 56.7 Å². The van der Waals surface area contributed by atoms with Crippen molar-refractivity contribution in [1.29, 1.82) is 0 Å². The van der Waals surface area contributed by atoms with E-state index in [9.17, 15) is 0 Å². The first-order chi connectivity index (χ1) is 24.8. The lowest BCUT2D eigenvalue weighted by molar-refractivity contribution is 0.672. The molecule has 0 spiro atoms. The standard InChI is InChI=1S/C45H28N4O/c1-4-14-29(15-5-1)36-28-37(30-16-6-2-7-17-30)47-45(46-36)32-26-24-31(25-27-32)41-43-40(44-42(48-41)35-21-11-13-23-39(35)50-44)34-20-10-12-22-38(34)49(43)33-18-8-3-9-19-33/h1-28H. The van der Waals surface area contributed by atoms with E-state index in [4.69, 9.17) is 19.4 Å². The fraction of sp³-hybridized carbons (Fsp3) is 0. The van der Waals surface area contributed by atoms with Crippen molar-refractivity contribution in [3.8, 4) is 50.8 Å². The van der Waals surface area contributed by atoms with Gasteiger partial charge in [-0.1, -0.05) is 133 Å². The Kier molecular flexibility index (Phi) is 6.42. The molecule has 6 aromatic carbocycles. The second kappa shape index (κ2) is 11.4. The number of para-hydroxylation sites is 3. The highest BCUT2D eigenvalue weighted by molar-refractivity contribution is 6.25. The fourth-order valence-corrected chi connectivity index (χ4v) is 7.08. The summed E-state index contributed by atoms with van der Waals surface area (Å²) in [7, 11) is 0. The lowest BCUT2D eigenvalue weighted by Crippen LogP contribution is -1.98. The van der Waals surface area contributed by atoms with Crippen LogP contribution in [-0.4, -0.2) is 19.5 Å². The molecular formula is C45H28N4O. The Morgan fingerprint density at radius 3 is 1.70 bits per heavy atom. The van der Waals surface area contributed by atoms with E-state index < -0.39 is 0 Å². The average molecular weight is 641 g/mol. The van der Waals surface area contributed by atoms with Crippen LogP contribution in [0.15, 0.2) is 174 Å². The number of hydrogen-bond acceptors (Lipinski definition) is 4. The van der Waals surface area contributed by atoms with Gasteiger partial charge in [0.1, 0.15) is 11.1 Å². The highest BCUT2D eigenvalue weighted by Gasteiger charge is 2.24. The predicted octanol–water partition coefficient (Wildman–Crippen LogP) is 11.5. The van der Waals surface area contributed by atoms with Gasteiger partial charge in [0.25, 0.3) is 0 Å². The van der Waals surface area contributed by atoms with E-state index in [1.807, 2.05) is 60.7 Å². The van der Waals surface area contributed by atoms with Crippen LogP contribution >= 0.6 is 0 Å². The van der Waals surface area contributed by atoms with Crippen LogP contribution in [0, 0.1) is 0 Å². The molecule has 10 rings (SSSR count). The van der Waals surface area contributed by atoms with Gasteiger partial charge in [0.05, 0.1) is 33.5 Å². The van der Waals surface area contributed by atoms with Crippen molar-refractivity contribution in [2.45, 2.75) is 0 Å². The second-order valence-electron chi connectivity index (χ2n) is 12.4. The molecule has 5 heteroatoms. The van der Waals surface area contributed by atoms with Crippen LogP contribution < -0.4 is 0 Å². The first kappa shape index (κ1) is 28.2. The number of furan rings is 1. The molecule has 5 nitrogen and oxygen atoms in total. The van der Waals surface area contributed by atoms with Gasteiger partial charge in [-0.3, -0.25) is 0 Å². The Labute approximate surface area is 287 Å². The van der Waals surface area contributed by atoms with E-state index in [0.717, 1.165) is 88.9 Å². The van der Waals surface area contributed by atoms with Gasteiger partial charge in [-0.15, -0.1) is 0 Å². The molecule has 0 saturated heterocycles. The molecule has 0 aliphatic heterocycles. The molecule has 10 aromatic rings. The van der Waals surface area contributed by atoms with Gasteiger partial charge in [-0.05, 0) is 36.4 Å². The lowest BCUT2D eigenvalue weighted by atomic mass is 10.0. The molecule has 50 heavy (non-hydrogen) atoms. The summed E-state index contributed by atoms with van der Waals surface area (Å²) in [6.45, 7) is 0. The molecule has 0 N–H and O–H groups in total. The molecule has 4 aromatic heterocycles. The van der Waals surface area contributed by atoms with Gasteiger partial charge < -0.3 is 8.98 Å². The Morgan fingerprint density at radius 1 is 0.460 bits per heavy atom. The minimum Gasteiger partial charge on any atom is -0.454 e. The molecular weight excluding hydrogens is 613 g/mol. The number of hydrogen-bond donors (Lipinski definition) is 0. The number of benzene rings is 6. The van der Waals surface area contributed by atoms with Crippen LogP contribution in [0.25, 0.3) is 94.7 Å². The van der Waals surface area contributed by atoms with Crippen LogP contribution in [0.1, 0.15) is 0 Å². The second-order valence-corrected chi connectivity index (χ2v) is 12.4. The van der Waals surface area contributed by atoms with Gasteiger partial charge in [0.2, 0.25) is 0 Å². The van der Waals surface area contributed by atoms with E-state index in [0.29, 0.717) is 5.82 Å². The van der Waals surface area contributed by atoms with E-state index in [2.05, 4.69) is 114 Å². The quantitative estimate of drug-likeness (QED) is 0.188. The Bertz CT molecular complexity index is 2780. The third-order valence-corrected chi connectivity index (χ3v) is 9.42. The molecule has 4 heterocycles. The summed E-state index contributed by atoms with van der Waals surface area (Å²) in [5, 5.41) is 3.17. The highest BCUT2D eigenvalue weighted by Crippen LogP contribution is 2.43. The van der Waals surface area contributed by atoms with Crippen LogP contribution in [-0.2, 0) is 0 Å². The summed E-state index contributed by atoms with van der Waals surface area (Å²) < 4.78 is 8.91. The molecule has 0 saturated carbocycles. The van der Waals surface area contributed by atoms with Crippen LogP contribution in [0.5, 0.6) is 0 Å². The van der Waals surface area contributed by atoms with Crippen LogP contribution in [0.2, 0.25) is 0 Å². The zero-order chi connectivity index (χ0) is 33.0. The maximum Gasteiger partial charge on any atom is 0.163 e. The first-order valence-corrected chi connectivity index (χ1v) is 16.7. The average Bonchev–Trinajstić information content (AvgIpc) is 3.75. The summed E-state index contributed by atoms with van der Waals surface area (Å²) in [4.78, 5) is 15.5. The summed E-state index contributed by atoms with van der Waals surface area (Å²) in [5.74, 6) is 0.671. The number of rotatable bonds is 5. The third-order valence-electron chi connectivity index (χ3n) is 9.42. The fourth-order valence-electron chi connectivity index (χ4n) is 7.08. The van der Waals surface area contributed by atoms with Crippen molar-refractivity contribution in [2.24, 2.45) is 0 Å². The molecule has 0 fully saturated rings. The Balaban J connectivity index is 1.21. The molecule has 0 atom stereocenters. The molecule has 0 radical (unpaired) electrons. The molecule has 0 aliphatic rings. The minimum atomic E-state index is 0.671. The van der Waals surface area contributed by atoms with Gasteiger partial charge >= 0.3 is 0 Å². The lowest BCUT2D eigenvalue weighted by Gasteiger charge is -2.12. The largest absolute Gasteiger partial charge is 0.454 e. The van der Waals surface area contributed by atoms with Gasteiger partial charge in [0, 0.05) is 38.7 Å². The molecule has 0 bridgehead atoms. The zero-order valence-electron chi connectivity index (χ0n) is 26.9. The number of fused-ring (bicyclic) bond motifs is 7. The predicted molar refractivity (Wildman–Crippen MR) is 203 cm³/mol. The number of aromatic nitrogens is 4. The van der Waals surface area contributed by atoms with Crippen molar-refractivity contribution in [2.75, 3.05) is 0 Å². The minimum absolute atomic E-state index is 0.671. The summed E-state index contributed by atoms with van der Waals surface area (Å²) in [6, 6.07) is 58.3. The summed E-state index contributed by atoms with van der Waals surface area (Å²) >= 11 is 0. The number of nitrogens with zero attached hydrogens (tertiary/aromatic N) is 4. The molecule has 0 amide bonds. The van der Waals surface area contributed by atoms with Gasteiger partial charge in [0.15, 0.2) is 11.4 Å². The van der Waals surface area contributed by atoms with E-state index in [1.165, 1.54) is 0 Å². The SMILES string of the molecule is c1ccc(-c2cc(-c3ccccc3)nc(-c3ccc(-c4nc5c6ccccc6oc5c5c6ccccc6n(-c6ccccc6)c45)cc3)n2)cc1. The maximum atomic E-state index is 6.59. The van der Waals surface area contributed by atoms with E-state index >= 15 is 0 Å². The van der Waals surface area contributed by atoms with Crippen molar-refractivity contribution in [3.05, 3.63) is 170 Å². The maximum absolute atomic E-state index is 6.59. The molecule has 0 aliphatic carbocycles. The molecule has 0 unspecified atom stereocenters. The Hall–Kier alpha value is -6.85. The van der Waals surface area contributed by atoms with Crippen molar-refractivity contribution in [3.63, 3.8) is 0 Å². The summed E-state index contributed by atoms with van der Waals surface area (Å²) in [5.41, 5.74) is 12.3. The highest BCUT2D eigenvalue weighted by atomic mass is 16.3. The van der Waals surface area contributed by atoms with Crippen molar-refractivity contribution < 1.29 is 4.42 Å². The summed E-state index contributed by atoms with van der Waals surface area (Å²) in [6.07, 6.45) is 0. The van der Waals surface area contributed by atoms with Gasteiger partial charge in [-0.2, -0.15) is 0 Å². The monoisotopic (exact) mass is 640 g/mol.